The fourth-order valence-electron chi connectivity index (χ4n) is 1.92. The van der Waals surface area contributed by atoms with Crippen LogP contribution in [-0.4, -0.2) is 17.5 Å². The molecule has 2 rings (SSSR count). The first-order chi connectivity index (χ1) is 11.0. The lowest BCUT2D eigenvalue weighted by Gasteiger charge is -2.18. The van der Waals surface area contributed by atoms with Gasteiger partial charge >= 0.3 is 5.97 Å². The van der Waals surface area contributed by atoms with E-state index in [2.05, 4.69) is 0 Å². The minimum absolute atomic E-state index is 0.0458. The van der Waals surface area contributed by atoms with Crippen molar-refractivity contribution in [3.63, 3.8) is 0 Å². The third kappa shape index (κ3) is 4.20. The van der Waals surface area contributed by atoms with Crippen molar-refractivity contribution in [2.24, 2.45) is 0 Å². The second-order valence-electron chi connectivity index (χ2n) is 4.53. The second-order valence-corrected chi connectivity index (χ2v) is 4.94. The number of nitro groups is 1. The van der Waals surface area contributed by atoms with Crippen LogP contribution in [0.25, 0.3) is 0 Å². The van der Waals surface area contributed by atoms with E-state index in [1.807, 2.05) is 6.07 Å². The lowest BCUT2D eigenvalue weighted by molar-refractivity contribution is -0.384. The maximum atomic E-state index is 12.1. The van der Waals surface area contributed by atoms with E-state index in [0.717, 1.165) is 0 Å². The number of non-ortho nitro benzene ring substituents is 1. The summed E-state index contributed by atoms with van der Waals surface area (Å²) < 4.78 is 10.7. The molecule has 6 nitrogen and oxygen atoms in total. The van der Waals surface area contributed by atoms with Gasteiger partial charge in [0.15, 0.2) is 0 Å². The molecule has 2 aromatic carbocycles. The van der Waals surface area contributed by atoms with Crippen molar-refractivity contribution in [2.75, 3.05) is 6.61 Å². The first kappa shape index (κ1) is 16.8. The van der Waals surface area contributed by atoms with E-state index in [1.165, 1.54) is 18.2 Å². The zero-order chi connectivity index (χ0) is 16.8. The highest BCUT2D eigenvalue weighted by Gasteiger charge is 2.25. The molecule has 0 aliphatic heterocycles. The van der Waals surface area contributed by atoms with Gasteiger partial charge in [-0.25, -0.2) is 4.79 Å². The molecule has 0 N–H and O–H groups in total. The zero-order valence-corrected chi connectivity index (χ0v) is 13.0. The highest BCUT2D eigenvalue weighted by Crippen LogP contribution is 2.32. The molecule has 0 aliphatic rings. The van der Waals surface area contributed by atoms with Crippen molar-refractivity contribution in [2.45, 2.75) is 13.0 Å². The van der Waals surface area contributed by atoms with E-state index in [-0.39, 0.29) is 23.1 Å². The smallest absolute Gasteiger partial charge is 0.352 e. The second kappa shape index (κ2) is 7.60. The number of halogens is 1. The molecule has 0 radical (unpaired) electrons. The first-order valence-electron chi connectivity index (χ1n) is 6.85. The van der Waals surface area contributed by atoms with Crippen LogP contribution >= 0.6 is 11.6 Å². The van der Waals surface area contributed by atoms with E-state index < -0.39 is 17.0 Å². The quantitative estimate of drug-likeness (QED) is 0.454. The van der Waals surface area contributed by atoms with Gasteiger partial charge in [0.2, 0.25) is 6.10 Å². The van der Waals surface area contributed by atoms with E-state index in [0.29, 0.717) is 5.56 Å². The number of hydrogen-bond acceptors (Lipinski definition) is 5. The summed E-state index contributed by atoms with van der Waals surface area (Å²) >= 11 is 6.01. The van der Waals surface area contributed by atoms with E-state index in [4.69, 9.17) is 21.1 Å². The molecule has 0 amide bonds. The summed E-state index contributed by atoms with van der Waals surface area (Å²) in [5, 5.41) is 10.8. The van der Waals surface area contributed by atoms with Crippen LogP contribution in [0.4, 0.5) is 5.69 Å². The highest BCUT2D eigenvalue weighted by molar-refractivity contribution is 6.32. The van der Waals surface area contributed by atoms with Crippen LogP contribution in [0.5, 0.6) is 5.75 Å². The van der Waals surface area contributed by atoms with Crippen molar-refractivity contribution < 1.29 is 19.2 Å². The summed E-state index contributed by atoms with van der Waals surface area (Å²) in [6.45, 7) is 1.90. The van der Waals surface area contributed by atoms with Crippen molar-refractivity contribution >= 4 is 23.3 Å². The zero-order valence-electron chi connectivity index (χ0n) is 12.3. The molecule has 0 spiro atoms. The Morgan fingerprint density at radius 1 is 1.26 bits per heavy atom. The van der Waals surface area contributed by atoms with Gasteiger partial charge in [0.1, 0.15) is 5.75 Å². The number of rotatable bonds is 6. The molecule has 0 heterocycles. The molecule has 0 bridgehead atoms. The molecular formula is C16H14ClNO5. The molecule has 23 heavy (non-hydrogen) atoms. The van der Waals surface area contributed by atoms with Crippen LogP contribution in [0.15, 0.2) is 48.5 Å². The summed E-state index contributed by atoms with van der Waals surface area (Å²) in [6, 6.07) is 12.6. The van der Waals surface area contributed by atoms with E-state index >= 15 is 0 Å². The fraction of sp³-hybridized carbons (Fsp3) is 0.188. The lowest BCUT2D eigenvalue weighted by atomic mass is 10.1. The molecule has 7 heteroatoms. The summed E-state index contributed by atoms with van der Waals surface area (Å²) in [7, 11) is 0. The van der Waals surface area contributed by atoms with Gasteiger partial charge in [-0.05, 0) is 13.0 Å². The van der Waals surface area contributed by atoms with Gasteiger partial charge < -0.3 is 9.47 Å². The minimum Gasteiger partial charge on any atom is -0.472 e. The third-order valence-electron chi connectivity index (χ3n) is 2.97. The van der Waals surface area contributed by atoms with Gasteiger partial charge in [-0.3, -0.25) is 10.1 Å². The van der Waals surface area contributed by atoms with Gasteiger partial charge in [-0.15, -0.1) is 0 Å². The van der Waals surface area contributed by atoms with Crippen molar-refractivity contribution in [1.82, 2.24) is 0 Å². The molecule has 0 aromatic heterocycles. The summed E-state index contributed by atoms with van der Waals surface area (Å²) in [6.07, 6.45) is -1.00. The summed E-state index contributed by atoms with van der Waals surface area (Å²) in [5.74, 6) is -0.396. The van der Waals surface area contributed by atoms with Crippen LogP contribution in [0, 0.1) is 10.1 Å². The van der Waals surface area contributed by atoms with Crippen molar-refractivity contribution in [1.29, 1.82) is 0 Å². The Hall–Kier alpha value is -2.60. The molecule has 0 fully saturated rings. The standard InChI is InChI=1S/C16H14ClNO5/c1-2-22-16(19)15(11-6-4-3-5-7-11)23-14-9-8-12(18(20)21)10-13(14)17/h3-10,15H,2H2,1H3/t15-/m1/s1. The molecular weight excluding hydrogens is 322 g/mol. The van der Waals surface area contributed by atoms with Crippen molar-refractivity contribution in [3.8, 4) is 5.75 Å². The number of esters is 1. The Balaban J connectivity index is 2.31. The molecule has 120 valence electrons. The minimum atomic E-state index is -1.00. The van der Waals surface area contributed by atoms with Gasteiger partial charge in [0.05, 0.1) is 16.6 Å². The van der Waals surface area contributed by atoms with Gasteiger partial charge in [0, 0.05) is 17.7 Å². The number of hydrogen-bond donors (Lipinski definition) is 0. The Bertz CT molecular complexity index is 705. The summed E-state index contributed by atoms with van der Waals surface area (Å²) in [4.78, 5) is 22.3. The average Bonchev–Trinajstić information content (AvgIpc) is 2.54. The monoisotopic (exact) mass is 335 g/mol. The van der Waals surface area contributed by atoms with E-state index in [1.54, 1.807) is 31.2 Å². The Morgan fingerprint density at radius 2 is 1.96 bits per heavy atom. The normalized spacial score (nSPS) is 11.6. The number of ether oxygens (including phenoxy) is 2. The fourth-order valence-corrected chi connectivity index (χ4v) is 2.14. The lowest BCUT2D eigenvalue weighted by Crippen LogP contribution is -2.21. The largest absolute Gasteiger partial charge is 0.472 e. The Labute approximate surface area is 137 Å². The number of nitro benzene ring substituents is 1. The molecule has 0 saturated heterocycles. The van der Waals surface area contributed by atoms with Crippen LogP contribution in [0.2, 0.25) is 5.02 Å². The Kier molecular flexibility index (Phi) is 5.54. The highest BCUT2D eigenvalue weighted by atomic mass is 35.5. The number of nitrogens with zero attached hydrogens (tertiary/aromatic N) is 1. The third-order valence-corrected chi connectivity index (χ3v) is 3.27. The van der Waals surface area contributed by atoms with Crippen molar-refractivity contribution in [3.05, 3.63) is 69.2 Å². The van der Waals surface area contributed by atoms with Crippen LogP contribution < -0.4 is 4.74 Å². The first-order valence-corrected chi connectivity index (χ1v) is 7.23. The van der Waals surface area contributed by atoms with Crippen LogP contribution in [0.1, 0.15) is 18.6 Å². The predicted octanol–water partition coefficient (Wildman–Crippen LogP) is 3.93. The number of carbonyl (C=O) groups excluding carboxylic acids is 1. The average molecular weight is 336 g/mol. The van der Waals surface area contributed by atoms with Gasteiger partial charge in [-0.2, -0.15) is 0 Å². The maximum Gasteiger partial charge on any atom is 0.352 e. The maximum absolute atomic E-state index is 12.1. The van der Waals surface area contributed by atoms with Gasteiger partial charge in [0.25, 0.3) is 5.69 Å². The topological polar surface area (TPSA) is 78.7 Å². The number of carbonyl (C=O) groups is 1. The molecule has 2 aromatic rings. The molecule has 0 saturated carbocycles. The number of benzene rings is 2. The van der Waals surface area contributed by atoms with E-state index in [9.17, 15) is 14.9 Å². The van der Waals surface area contributed by atoms with Crippen LogP contribution in [0.3, 0.4) is 0 Å². The summed E-state index contributed by atoms with van der Waals surface area (Å²) in [5.41, 5.74) is 0.440. The van der Waals surface area contributed by atoms with Crippen LogP contribution in [-0.2, 0) is 9.53 Å². The molecule has 0 unspecified atom stereocenters. The SMILES string of the molecule is CCOC(=O)[C@H](Oc1ccc([N+](=O)[O-])cc1Cl)c1ccccc1. The molecule has 0 aliphatic carbocycles. The van der Waals surface area contributed by atoms with Gasteiger partial charge in [-0.1, -0.05) is 41.9 Å². The molecule has 1 atom stereocenters. The Morgan fingerprint density at radius 3 is 2.52 bits per heavy atom. The predicted molar refractivity (Wildman–Crippen MR) is 84.6 cm³/mol.